The first-order valence-electron chi connectivity index (χ1n) is 5.91. The van der Waals surface area contributed by atoms with Crippen LogP contribution >= 0.6 is 0 Å². The molecule has 0 spiro atoms. The topological polar surface area (TPSA) is 55.8 Å². The highest BCUT2D eigenvalue weighted by Gasteiger charge is 2.20. The van der Waals surface area contributed by atoms with Gasteiger partial charge in [-0.3, -0.25) is 9.59 Å². The second-order valence-corrected chi connectivity index (χ2v) is 4.05. The number of rotatable bonds is 8. The van der Waals surface area contributed by atoms with E-state index in [-0.39, 0.29) is 24.4 Å². The van der Waals surface area contributed by atoms with Gasteiger partial charge in [0.15, 0.2) is 0 Å². The quantitative estimate of drug-likeness (QED) is 0.600. The summed E-state index contributed by atoms with van der Waals surface area (Å²) in [6.45, 7) is 4.90. The number of ether oxygens (including phenoxy) is 2. The lowest BCUT2D eigenvalue weighted by atomic mass is 10.1. The van der Waals surface area contributed by atoms with Gasteiger partial charge in [0.25, 0.3) is 0 Å². The monoisotopic (exact) mass is 245 g/mol. The summed E-state index contributed by atoms with van der Waals surface area (Å²) < 4.78 is 9.47. The standard InChI is InChI=1S/C12H23NO4/c1-5-6-7-13(11(14)9-16-3)8-10(2)12(15)17-4/h10H,5-9H2,1-4H3. The smallest absolute Gasteiger partial charge is 0.310 e. The summed E-state index contributed by atoms with van der Waals surface area (Å²) in [5.74, 6) is -0.689. The average molecular weight is 245 g/mol. The molecule has 0 aromatic rings. The highest BCUT2D eigenvalue weighted by atomic mass is 16.5. The molecule has 100 valence electrons. The van der Waals surface area contributed by atoms with Gasteiger partial charge in [-0.1, -0.05) is 20.3 Å². The normalized spacial score (nSPS) is 12.0. The zero-order chi connectivity index (χ0) is 13.3. The third kappa shape index (κ3) is 6.26. The molecule has 0 aromatic carbocycles. The lowest BCUT2D eigenvalue weighted by Crippen LogP contribution is -2.39. The Morgan fingerprint density at radius 2 is 1.94 bits per heavy atom. The summed E-state index contributed by atoms with van der Waals surface area (Å²) in [4.78, 5) is 24.7. The predicted molar refractivity (Wildman–Crippen MR) is 64.5 cm³/mol. The Morgan fingerprint density at radius 1 is 1.29 bits per heavy atom. The van der Waals surface area contributed by atoms with Crippen molar-refractivity contribution in [3.8, 4) is 0 Å². The van der Waals surface area contributed by atoms with Crippen LogP contribution < -0.4 is 0 Å². The number of amides is 1. The molecule has 0 aliphatic carbocycles. The number of hydrogen-bond donors (Lipinski definition) is 0. The van der Waals surface area contributed by atoms with E-state index in [0.717, 1.165) is 12.8 Å². The molecule has 0 saturated carbocycles. The highest BCUT2D eigenvalue weighted by molar-refractivity contribution is 5.78. The van der Waals surface area contributed by atoms with Crippen molar-refractivity contribution in [1.29, 1.82) is 0 Å². The molecule has 0 bridgehead atoms. The fraction of sp³-hybridized carbons (Fsp3) is 0.833. The third-order valence-electron chi connectivity index (χ3n) is 2.50. The molecular formula is C12H23NO4. The van der Waals surface area contributed by atoms with Crippen molar-refractivity contribution in [3.63, 3.8) is 0 Å². The Labute approximate surface area is 103 Å². The van der Waals surface area contributed by atoms with Gasteiger partial charge >= 0.3 is 5.97 Å². The first kappa shape index (κ1) is 15.9. The SMILES string of the molecule is CCCCN(CC(C)C(=O)OC)C(=O)COC. The molecule has 17 heavy (non-hydrogen) atoms. The van der Waals surface area contributed by atoms with Crippen molar-refractivity contribution in [3.05, 3.63) is 0 Å². The van der Waals surface area contributed by atoms with E-state index in [1.165, 1.54) is 14.2 Å². The van der Waals surface area contributed by atoms with E-state index in [2.05, 4.69) is 11.7 Å². The summed E-state index contributed by atoms with van der Waals surface area (Å²) in [6.07, 6.45) is 1.92. The molecule has 5 nitrogen and oxygen atoms in total. The molecule has 1 amide bonds. The summed E-state index contributed by atoms with van der Waals surface area (Å²) in [7, 11) is 2.84. The molecule has 0 fully saturated rings. The molecule has 0 saturated heterocycles. The second-order valence-electron chi connectivity index (χ2n) is 4.05. The van der Waals surface area contributed by atoms with Gasteiger partial charge in [-0.25, -0.2) is 0 Å². The van der Waals surface area contributed by atoms with Crippen molar-refractivity contribution in [2.45, 2.75) is 26.7 Å². The van der Waals surface area contributed by atoms with Crippen LogP contribution in [0.15, 0.2) is 0 Å². The van der Waals surface area contributed by atoms with Crippen molar-refractivity contribution < 1.29 is 19.1 Å². The summed E-state index contributed by atoms with van der Waals surface area (Å²) in [5.41, 5.74) is 0. The van der Waals surface area contributed by atoms with E-state index >= 15 is 0 Å². The van der Waals surface area contributed by atoms with Gasteiger partial charge in [0.05, 0.1) is 13.0 Å². The molecule has 0 radical (unpaired) electrons. The Morgan fingerprint density at radius 3 is 2.41 bits per heavy atom. The van der Waals surface area contributed by atoms with Crippen LogP contribution in [0.4, 0.5) is 0 Å². The van der Waals surface area contributed by atoms with Gasteiger partial charge in [0.2, 0.25) is 5.91 Å². The van der Waals surface area contributed by atoms with Gasteiger partial charge in [-0.15, -0.1) is 0 Å². The molecule has 5 heteroatoms. The maximum absolute atomic E-state index is 11.7. The minimum Gasteiger partial charge on any atom is -0.469 e. The van der Waals surface area contributed by atoms with Crippen LogP contribution in [0.1, 0.15) is 26.7 Å². The zero-order valence-electron chi connectivity index (χ0n) is 11.2. The largest absolute Gasteiger partial charge is 0.469 e. The summed E-state index contributed by atoms with van der Waals surface area (Å²) in [5, 5.41) is 0. The van der Waals surface area contributed by atoms with Crippen LogP contribution in [-0.2, 0) is 19.1 Å². The second kappa shape index (κ2) is 8.98. The van der Waals surface area contributed by atoms with Gasteiger partial charge in [0.1, 0.15) is 6.61 Å². The van der Waals surface area contributed by atoms with Crippen LogP contribution in [0.5, 0.6) is 0 Å². The van der Waals surface area contributed by atoms with Crippen molar-refractivity contribution in [1.82, 2.24) is 4.90 Å². The number of methoxy groups -OCH3 is 2. The van der Waals surface area contributed by atoms with E-state index in [0.29, 0.717) is 13.1 Å². The minimum atomic E-state index is -0.308. The maximum Gasteiger partial charge on any atom is 0.310 e. The third-order valence-corrected chi connectivity index (χ3v) is 2.50. The predicted octanol–water partition coefficient (Wildman–Crippen LogP) is 1.07. The summed E-state index contributed by atoms with van der Waals surface area (Å²) >= 11 is 0. The van der Waals surface area contributed by atoms with Crippen LogP contribution in [0.2, 0.25) is 0 Å². The fourth-order valence-corrected chi connectivity index (χ4v) is 1.49. The van der Waals surface area contributed by atoms with Crippen LogP contribution in [0, 0.1) is 5.92 Å². The summed E-state index contributed by atoms with van der Waals surface area (Å²) in [6, 6.07) is 0. The van der Waals surface area contributed by atoms with Gasteiger partial charge in [0, 0.05) is 20.2 Å². The Balaban J connectivity index is 4.36. The van der Waals surface area contributed by atoms with Crippen LogP contribution in [0.25, 0.3) is 0 Å². The van der Waals surface area contributed by atoms with E-state index < -0.39 is 0 Å². The first-order chi connectivity index (χ1) is 8.06. The molecule has 1 atom stereocenters. The number of hydrogen-bond acceptors (Lipinski definition) is 4. The van der Waals surface area contributed by atoms with Crippen LogP contribution in [0.3, 0.4) is 0 Å². The van der Waals surface area contributed by atoms with Gasteiger partial charge in [-0.05, 0) is 6.42 Å². The van der Waals surface area contributed by atoms with E-state index in [4.69, 9.17) is 4.74 Å². The van der Waals surface area contributed by atoms with Crippen molar-refractivity contribution in [2.75, 3.05) is 33.9 Å². The maximum atomic E-state index is 11.7. The molecule has 0 heterocycles. The highest BCUT2D eigenvalue weighted by Crippen LogP contribution is 2.05. The zero-order valence-corrected chi connectivity index (χ0v) is 11.2. The molecular weight excluding hydrogens is 222 g/mol. The average Bonchev–Trinajstić information content (AvgIpc) is 2.33. The molecule has 0 aliphatic heterocycles. The fourth-order valence-electron chi connectivity index (χ4n) is 1.49. The lowest BCUT2D eigenvalue weighted by molar-refractivity contribution is -0.147. The molecule has 0 rings (SSSR count). The number of esters is 1. The van der Waals surface area contributed by atoms with Gasteiger partial charge < -0.3 is 14.4 Å². The Bertz CT molecular complexity index is 243. The lowest BCUT2D eigenvalue weighted by Gasteiger charge is -2.24. The first-order valence-corrected chi connectivity index (χ1v) is 5.91. The number of carbonyl (C=O) groups is 2. The van der Waals surface area contributed by atoms with Crippen molar-refractivity contribution >= 4 is 11.9 Å². The van der Waals surface area contributed by atoms with Crippen molar-refractivity contribution in [2.24, 2.45) is 5.92 Å². The number of nitrogens with zero attached hydrogens (tertiary/aromatic N) is 1. The van der Waals surface area contributed by atoms with E-state index in [9.17, 15) is 9.59 Å². The van der Waals surface area contributed by atoms with Crippen LogP contribution in [-0.4, -0.2) is 50.7 Å². The molecule has 0 aromatic heterocycles. The van der Waals surface area contributed by atoms with E-state index in [1.54, 1.807) is 11.8 Å². The number of carbonyl (C=O) groups excluding carboxylic acids is 2. The number of unbranched alkanes of at least 4 members (excludes halogenated alkanes) is 1. The Hall–Kier alpha value is -1.10. The molecule has 0 aliphatic rings. The molecule has 0 N–H and O–H groups in total. The van der Waals surface area contributed by atoms with E-state index in [1.807, 2.05) is 0 Å². The minimum absolute atomic E-state index is 0.0532. The van der Waals surface area contributed by atoms with Gasteiger partial charge in [-0.2, -0.15) is 0 Å². The Kier molecular flexibility index (Phi) is 8.40. The molecule has 1 unspecified atom stereocenters.